The maximum atomic E-state index is 12.7. The van der Waals surface area contributed by atoms with E-state index >= 15 is 0 Å². The van der Waals surface area contributed by atoms with Crippen molar-refractivity contribution in [1.29, 1.82) is 0 Å². The van der Waals surface area contributed by atoms with E-state index in [-0.39, 0.29) is 25.6 Å². The van der Waals surface area contributed by atoms with Gasteiger partial charge in [-0.05, 0) is 44.9 Å². The van der Waals surface area contributed by atoms with Gasteiger partial charge in [-0.1, -0.05) is 199 Å². The van der Waals surface area contributed by atoms with Crippen LogP contribution >= 0.6 is 7.82 Å². The van der Waals surface area contributed by atoms with Crippen LogP contribution in [0.1, 0.15) is 232 Å². The van der Waals surface area contributed by atoms with Crippen molar-refractivity contribution in [3.8, 4) is 0 Å². The zero-order chi connectivity index (χ0) is 44.3. The van der Waals surface area contributed by atoms with Crippen molar-refractivity contribution < 1.29 is 42.1 Å². The van der Waals surface area contributed by atoms with E-state index < -0.39 is 26.5 Å². The molecule has 10 heteroatoms. The molecular weight excluding hydrogens is 774 g/mol. The van der Waals surface area contributed by atoms with Gasteiger partial charge in [0.15, 0.2) is 6.10 Å². The summed E-state index contributed by atoms with van der Waals surface area (Å²) < 4.78 is 34.4. The average molecular weight is 871 g/mol. The molecule has 0 aromatic rings. The summed E-state index contributed by atoms with van der Waals surface area (Å²) in [6, 6.07) is 0. The van der Waals surface area contributed by atoms with E-state index in [1.54, 1.807) is 0 Å². The minimum absolute atomic E-state index is 0.0330. The lowest BCUT2D eigenvalue weighted by Crippen LogP contribution is -2.37. The highest BCUT2D eigenvalue weighted by Crippen LogP contribution is 2.43. The smallest absolute Gasteiger partial charge is 0.462 e. The molecule has 0 radical (unpaired) electrons. The molecule has 0 aromatic heterocycles. The Morgan fingerprint density at radius 2 is 0.900 bits per heavy atom. The minimum atomic E-state index is -4.38. The summed E-state index contributed by atoms with van der Waals surface area (Å²) in [4.78, 5) is 35.5. The van der Waals surface area contributed by atoms with Crippen LogP contribution in [0, 0.1) is 0 Å². The van der Waals surface area contributed by atoms with Crippen LogP contribution in [0.15, 0.2) is 24.3 Å². The molecule has 2 unspecified atom stereocenters. The average Bonchev–Trinajstić information content (AvgIpc) is 3.20. The van der Waals surface area contributed by atoms with Gasteiger partial charge in [0.05, 0.1) is 27.7 Å². The Hall–Kier alpha value is -1.51. The maximum absolute atomic E-state index is 12.7. The van der Waals surface area contributed by atoms with E-state index in [0.717, 1.165) is 44.9 Å². The quantitative estimate of drug-likeness (QED) is 0.0212. The molecule has 0 rings (SSSR count). The van der Waals surface area contributed by atoms with E-state index in [2.05, 4.69) is 38.2 Å². The lowest BCUT2D eigenvalue weighted by Gasteiger charge is -2.24. The second-order valence-electron chi connectivity index (χ2n) is 18.2. The molecule has 60 heavy (non-hydrogen) atoms. The monoisotopic (exact) mass is 871 g/mol. The second-order valence-corrected chi connectivity index (χ2v) is 19.7. The van der Waals surface area contributed by atoms with Crippen molar-refractivity contribution in [3.63, 3.8) is 0 Å². The van der Waals surface area contributed by atoms with Gasteiger partial charge in [0.1, 0.15) is 19.8 Å². The number of rotatable bonds is 46. The molecule has 0 aromatic carbocycles. The Labute approximate surface area is 370 Å². The van der Waals surface area contributed by atoms with Crippen LogP contribution in [-0.4, -0.2) is 74.9 Å². The van der Waals surface area contributed by atoms with Gasteiger partial charge in [0, 0.05) is 12.8 Å². The Morgan fingerprint density at radius 1 is 0.517 bits per heavy atom. The van der Waals surface area contributed by atoms with E-state index in [1.165, 1.54) is 154 Å². The van der Waals surface area contributed by atoms with Crippen LogP contribution in [0.4, 0.5) is 0 Å². The summed E-state index contributed by atoms with van der Waals surface area (Å²) in [6.45, 7) is 4.44. The number of nitrogens with zero attached hydrogens (tertiary/aromatic N) is 1. The number of hydrogen-bond acceptors (Lipinski definition) is 7. The number of allylic oxidation sites excluding steroid dienone is 4. The van der Waals surface area contributed by atoms with Gasteiger partial charge in [-0.3, -0.25) is 18.6 Å². The topological polar surface area (TPSA) is 108 Å². The molecule has 0 aliphatic carbocycles. The number of phosphoric ester groups is 1. The lowest BCUT2D eigenvalue weighted by molar-refractivity contribution is -0.870. The van der Waals surface area contributed by atoms with Crippen LogP contribution in [0.5, 0.6) is 0 Å². The van der Waals surface area contributed by atoms with E-state index in [1.807, 2.05) is 21.1 Å². The molecule has 2 atom stereocenters. The van der Waals surface area contributed by atoms with Crippen LogP contribution < -0.4 is 0 Å². The maximum Gasteiger partial charge on any atom is 0.472 e. The van der Waals surface area contributed by atoms with Gasteiger partial charge in [-0.25, -0.2) is 4.57 Å². The second kappa shape index (κ2) is 42.8. The predicted molar refractivity (Wildman–Crippen MR) is 252 cm³/mol. The number of phosphoric acid groups is 1. The molecule has 0 fully saturated rings. The molecule has 0 amide bonds. The van der Waals surface area contributed by atoms with Crippen LogP contribution in [0.3, 0.4) is 0 Å². The van der Waals surface area contributed by atoms with Gasteiger partial charge in [-0.2, -0.15) is 0 Å². The van der Waals surface area contributed by atoms with E-state index in [9.17, 15) is 19.0 Å². The number of likely N-dealkylation sites (N-methyl/N-ethyl adjacent to an activating group) is 1. The predicted octanol–water partition coefficient (Wildman–Crippen LogP) is 14.7. The van der Waals surface area contributed by atoms with Crippen LogP contribution in [0.2, 0.25) is 0 Å². The zero-order valence-corrected chi connectivity index (χ0v) is 40.9. The molecule has 354 valence electrons. The Balaban J connectivity index is 4.25. The summed E-state index contributed by atoms with van der Waals surface area (Å²) in [5.74, 6) is -0.792. The van der Waals surface area contributed by atoms with Crippen LogP contribution in [0.25, 0.3) is 0 Å². The molecule has 0 spiro atoms. The standard InChI is InChI=1S/C50H96NO8P/c1-6-8-10-12-14-16-18-20-22-23-24-25-26-27-29-31-33-35-37-39-41-43-50(53)59-48(47-58-60(54,55)57-45-44-51(3,4)5)46-56-49(52)42-40-38-36-34-32-30-28-21-19-17-15-13-11-9-7-2/h18,20,23-24,48H,6-17,19,21-22,25-47H2,1-5H3/p+1/b20-18-,24-23-. The molecule has 1 N–H and O–H groups in total. The molecule has 9 nitrogen and oxygen atoms in total. The molecule has 0 bridgehead atoms. The van der Waals surface area contributed by atoms with Gasteiger partial charge in [-0.15, -0.1) is 0 Å². The van der Waals surface area contributed by atoms with Gasteiger partial charge >= 0.3 is 19.8 Å². The third kappa shape index (κ3) is 46.0. The first kappa shape index (κ1) is 58.5. The number of carbonyl (C=O) groups is 2. The first-order valence-corrected chi connectivity index (χ1v) is 26.6. The molecule has 0 saturated carbocycles. The number of hydrogen-bond donors (Lipinski definition) is 1. The van der Waals surface area contributed by atoms with Gasteiger partial charge in [0.2, 0.25) is 0 Å². The van der Waals surface area contributed by atoms with Crippen molar-refractivity contribution in [1.82, 2.24) is 0 Å². The number of esters is 2. The Kier molecular flexibility index (Phi) is 41.7. The highest BCUT2D eigenvalue weighted by Gasteiger charge is 2.27. The molecule has 0 aliphatic heterocycles. The zero-order valence-electron chi connectivity index (χ0n) is 40.0. The van der Waals surface area contributed by atoms with Crippen molar-refractivity contribution in [2.24, 2.45) is 0 Å². The fourth-order valence-corrected chi connectivity index (χ4v) is 7.79. The van der Waals surface area contributed by atoms with Crippen molar-refractivity contribution in [2.45, 2.75) is 238 Å². The molecular formula is C50H97NO8P+. The highest BCUT2D eigenvalue weighted by molar-refractivity contribution is 7.47. The van der Waals surface area contributed by atoms with Gasteiger partial charge < -0.3 is 18.9 Å². The first-order chi connectivity index (χ1) is 29.0. The SMILES string of the molecule is CCCCCCC/C=C\C/C=C\CCCCCCCCCCCC(=O)OC(COC(=O)CCCCCCCCCCCCCCCCC)COP(=O)(O)OCC[N+](C)(C)C. The minimum Gasteiger partial charge on any atom is -0.462 e. The number of carbonyl (C=O) groups excluding carboxylic acids is 2. The fourth-order valence-electron chi connectivity index (χ4n) is 7.05. The molecule has 0 heterocycles. The van der Waals surface area contributed by atoms with Crippen LogP contribution in [-0.2, 0) is 32.7 Å². The summed E-state index contributed by atoms with van der Waals surface area (Å²) in [7, 11) is 1.48. The van der Waals surface area contributed by atoms with E-state index in [0.29, 0.717) is 23.9 Å². The van der Waals surface area contributed by atoms with Gasteiger partial charge in [0.25, 0.3) is 0 Å². The Morgan fingerprint density at radius 3 is 1.32 bits per heavy atom. The number of unbranched alkanes of at least 4 members (excludes halogenated alkanes) is 28. The van der Waals surface area contributed by atoms with Crippen molar-refractivity contribution in [2.75, 3.05) is 47.5 Å². The summed E-state index contributed by atoms with van der Waals surface area (Å²) >= 11 is 0. The largest absolute Gasteiger partial charge is 0.472 e. The van der Waals surface area contributed by atoms with E-state index in [4.69, 9.17) is 18.5 Å². The third-order valence-electron chi connectivity index (χ3n) is 11.0. The molecule has 0 saturated heterocycles. The highest BCUT2D eigenvalue weighted by atomic mass is 31.2. The number of ether oxygens (including phenoxy) is 2. The third-order valence-corrected chi connectivity index (χ3v) is 12.0. The normalized spacial score (nSPS) is 13.6. The molecule has 0 aliphatic rings. The fraction of sp³-hybridized carbons (Fsp3) is 0.880. The summed E-state index contributed by atoms with van der Waals surface area (Å²) in [5.41, 5.74) is 0. The number of quaternary nitrogens is 1. The summed E-state index contributed by atoms with van der Waals surface area (Å²) in [6.07, 6.45) is 47.9. The Bertz CT molecular complexity index is 1070. The van der Waals surface area contributed by atoms with Crippen molar-refractivity contribution >= 4 is 19.8 Å². The van der Waals surface area contributed by atoms with Crippen molar-refractivity contribution in [3.05, 3.63) is 24.3 Å². The lowest BCUT2D eigenvalue weighted by atomic mass is 10.0. The first-order valence-electron chi connectivity index (χ1n) is 25.1. The summed E-state index contributed by atoms with van der Waals surface area (Å²) in [5, 5.41) is 0.